The van der Waals surface area contributed by atoms with Crippen LogP contribution in [0.15, 0.2) is 12.1 Å². The number of hydrogen-bond donors (Lipinski definition) is 2. The fourth-order valence-electron chi connectivity index (χ4n) is 2.65. The number of benzene rings is 1. The highest BCUT2D eigenvalue weighted by Gasteiger charge is 2.19. The third kappa shape index (κ3) is 3.91. The highest BCUT2D eigenvalue weighted by molar-refractivity contribution is 6.39. The Bertz CT molecular complexity index is 408. The van der Waals surface area contributed by atoms with Crippen LogP contribution in [0.4, 0.5) is 11.4 Å². The highest BCUT2D eigenvalue weighted by Crippen LogP contribution is 2.32. The molecule has 1 fully saturated rings. The van der Waals surface area contributed by atoms with Crippen LogP contribution in [-0.2, 0) is 0 Å². The maximum Gasteiger partial charge on any atom is 0.0720 e. The molecule has 0 aromatic heterocycles. The van der Waals surface area contributed by atoms with E-state index < -0.39 is 0 Å². The van der Waals surface area contributed by atoms with Crippen molar-refractivity contribution in [1.29, 1.82) is 0 Å². The van der Waals surface area contributed by atoms with E-state index in [2.05, 4.69) is 17.3 Å². The Kier molecular flexibility index (Phi) is 5.20. The number of likely N-dealkylation sites (N-methyl/N-ethyl adjacent to an activating group) is 1. The zero-order valence-corrected chi connectivity index (χ0v) is 12.8. The second-order valence-electron chi connectivity index (χ2n) is 5.21. The van der Waals surface area contributed by atoms with Crippen molar-refractivity contribution < 1.29 is 0 Å². The standard InChI is InChI=1S/C14H21Cl2N3/c1-19(11-4-2-3-5-11)7-6-18-14-12(15)8-10(17)9-13(14)16/h8-9,11,18H,2-7,17H2,1H3. The predicted octanol–water partition coefficient (Wildman–Crippen LogP) is 3.86. The molecular weight excluding hydrogens is 281 g/mol. The van der Waals surface area contributed by atoms with E-state index in [4.69, 9.17) is 28.9 Å². The minimum Gasteiger partial charge on any atom is -0.399 e. The minimum absolute atomic E-state index is 0.577. The van der Waals surface area contributed by atoms with Gasteiger partial charge in [0, 0.05) is 24.8 Å². The molecule has 0 aliphatic heterocycles. The van der Waals surface area contributed by atoms with Crippen LogP contribution in [0.2, 0.25) is 10.0 Å². The molecule has 3 nitrogen and oxygen atoms in total. The topological polar surface area (TPSA) is 41.3 Å². The molecule has 0 unspecified atom stereocenters. The lowest BCUT2D eigenvalue weighted by Crippen LogP contribution is -2.33. The van der Waals surface area contributed by atoms with Gasteiger partial charge in [0.25, 0.3) is 0 Å². The Morgan fingerprint density at radius 2 is 1.84 bits per heavy atom. The van der Waals surface area contributed by atoms with E-state index in [-0.39, 0.29) is 0 Å². The average Bonchev–Trinajstić information content (AvgIpc) is 2.85. The lowest BCUT2D eigenvalue weighted by molar-refractivity contribution is 0.254. The van der Waals surface area contributed by atoms with Gasteiger partial charge in [-0.3, -0.25) is 0 Å². The van der Waals surface area contributed by atoms with Gasteiger partial charge in [0.1, 0.15) is 0 Å². The van der Waals surface area contributed by atoms with Crippen LogP contribution in [0, 0.1) is 0 Å². The number of hydrogen-bond acceptors (Lipinski definition) is 3. The molecule has 2 rings (SSSR count). The van der Waals surface area contributed by atoms with Gasteiger partial charge in [-0.1, -0.05) is 36.0 Å². The molecule has 0 atom stereocenters. The number of halogens is 2. The Hall–Kier alpha value is -0.640. The van der Waals surface area contributed by atoms with E-state index in [1.807, 2.05) is 0 Å². The summed E-state index contributed by atoms with van der Waals surface area (Å²) in [5.41, 5.74) is 7.05. The second kappa shape index (κ2) is 6.69. The van der Waals surface area contributed by atoms with Crippen molar-refractivity contribution in [3.8, 4) is 0 Å². The van der Waals surface area contributed by atoms with Crippen LogP contribution >= 0.6 is 23.2 Å². The van der Waals surface area contributed by atoms with E-state index >= 15 is 0 Å². The first-order valence-electron chi connectivity index (χ1n) is 6.76. The van der Waals surface area contributed by atoms with Crippen molar-refractivity contribution >= 4 is 34.6 Å². The molecule has 0 saturated heterocycles. The molecule has 1 aliphatic carbocycles. The summed E-state index contributed by atoms with van der Waals surface area (Å²) in [4.78, 5) is 2.42. The number of nitrogens with zero attached hydrogens (tertiary/aromatic N) is 1. The zero-order valence-electron chi connectivity index (χ0n) is 11.3. The summed E-state index contributed by atoms with van der Waals surface area (Å²) in [7, 11) is 2.18. The maximum atomic E-state index is 6.14. The molecule has 0 spiro atoms. The number of rotatable bonds is 5. The summed E-state index contributed by atoms with van der Waals surface area (Å²) < 4.78 is 0. The fraction of sp³-hybridized carbons (Fsp3) is 0.571. The van der Waals surface area contributed by atoms with Crippen molar-refractivity contribution in [3.05, 3.63) is 22.2 Å². The lowest BCUT2D eigenvalue weighted by atomic mass is 10.2. The molecule has 3 N–H and O–H groups in total. The summed E-state index contributed by atoms with van der Waals surface area (Å²) in [6, 6.07) is 4.17. The average molecular weight is 302 g/mol. The number of nitrogens with one attached hydrogen (secondary N) is 1. The van der Waals surface area contributed by atoms with Crippen LogP contribution in [0.25, 0.3) is 0 Å². The summed E-state index contributed by atoms with van der Waals surface area (Å²) in [6.45, 7) is 1.82. The van der Waals surface area contributed by atoms with Gasteiger partial charge in [0.15, 0.2) is 0 Å². The largest absolute Gasteiger partial charge is 0.399 e. The molecule has 0 radical (unpaired) electrons. The Balaban J connectivity index is 1.85. The van der Waals surface area contributed by atoms with E-state index in [9.17, 15) is 0 Å². The third-order valence-electron chi connectivity index (χ3n) is 3.78. The summed E-state index contributed by atoms with van der Waals surface area (Å²) in [6.07, 6.45) is 5.36. The molecule has 1 aromatic carbocycles. The number of nitrogens with two attached hydrogens (primary N) is 1. The van der Waals surface area contributed by atoms with Gasteiger partial charge in [0.05, 0.1) is 15.7 Å². The van der Waals surface area contributed by atoms with E-state index in [0.717, 1.165) is 24.8 Å². The maximum absolute atomic E-state index is 6.14. The zero-order chi connectivity index (χ0) is 13.8. The van der Waals surface area contributed by atoms with Crippen LogP contribution in [0.5, 0.6) is 0 Å². The molecule has 5 heteroatoms. The van der Waals surface area contributed by atoms with Crippen molar-refractivity contribution in [1.82, 2.24) is 4.90 Å². The molecule has 19 heavy (non-hydrogen) atoms. The Labute approximate surface area is 125 Å². The predicted molar refractivity (Wildman–Crippen MR) is 84.3 cm³/mol. The van der Waals surface area contributed by atoms with E-state index in [1.165, 1.54) is 25.7 Å². The molecule has 1 aliphatic rings. The van der Waals surface area contributed by atoms with Gasteiger partial charge < -0.3 is 16.0 Å². The van der Waals surface area contributed by atoms with Gasteiger partial charge >= 0.3 is 0 Å². The van der Waals surface area contributed by atoms with Crippen LogP contribution in [0.1, 0.15) is 25.7 Å². The highest BCUT2D eigenvalue weighted by atomic mass is 35.5. The van der Waals surface area contributed by atoms with E-state index in [1.54, 1.807) is 12.1 Å². The van der Waals surface area contributed by atoms with Crippen molar-refractivity contribution in [3.63, 3.8) is 0 Å². The van der Waals surface area contributed by atoms with Crippen molar-refractivity contribution in [2.45, 2.75) is 31.7 Å². The van der Waals surface area contributed by atoms with Gasteiger partial charge in [0.2, 0.25) is 0 Å². The second-order valence-corrected chi connectivity index (χ2v) is 6.02. The Morgan fingerprint density at radius 3 is 2.42 bits per heavy atom. The first-order chi connectivity index (χ1) is 9.08. The summed E-state index contributed by atoms with van der Waals surface area (Å²) >= 11 is 12.3. The molecule has 0 bridgehead atoms. The first kappa shape index (κ1) is 14.8. The number of nitrogen functional groups attached to an aromatic ring is 1. The minimum atomic E-state index is 0.577. The molecule has 0 heterocycles. The molecule has 1 saturated carbocycles. The van der Waals surface area contributed by atoms with Gasteiger partial charge in [-0.05, 0) is 32.0 Å². The smallest absolute Gasteiger partial charge is 0.0720 e. The van der Waals surface area contributed by atoms with Crippen molar-refractivity contribution in [2.75, 3.05) is 31.2 Å². The normalized spacial score (nSPS) is 16.2. The van der Waals surface area contributed by atoms with Crippen LogP contribution in [-0.4, -0.2) is 31.1 Å². The SMILES string of the molecule is CN(CCNc1c(Cl)cc(N)cc1Cl)C1CCCC1. The summed E-state index contributed by atoms with van der Waals surface area (Å²) in [5.74, 6) is 0. The number of anilines is 2. The molecule has 1 aromatic rings. The summed E-state index contributed by atoms with van der Waals surface area (Å²) in [5, 5.41) is 4.46. The van der Waals surface area contributed by atoms with E-state index in [0.29, 0.717) is 15.7 Å². The van der Waals surface area contributed by atoms with Gasteiger partial charge in [-0.25, -0.2) is 0 Å². The van der Waals surface area contributed by atoms with Crippen LogP contribution < -0.4 is 11.1 Å². The van der Waals surface area contributed by atoms with Gasteiger partial charge in [-0.2, -0.15) is 0 Å². The molecule has 0 amide bonds. The van der Waals surface area contributed by atoms with Crippen molar-refractivity contribution in [2.24, 2.45) is 0 Å². The fourth-order valence-corrected chi connectivity index (χ4v) is 3.28. The molecule has 106 valence electrons. The first-order valence-corrected chi connectivity index (χ1v) is 7.52. The third-order valence-corrected chi connectivity index (χ3v) is 4.37. The molecular formula is C14H21Cl2N3. The monoisotopic (exact) mass is 301 g/mol. The van der Waals surface area contributed by atoms with Gasteiger partial charge in [-0.15, -0.1) is 0 Å². The quantitative estimate of drug-likeness (QED) is 0.811. The Morgan fingerprint density at radius 1 is 1.26 bits per heavy atom. The van der Waals surface area contributed by atoms with Crippen LogP contribution in [0.3, 0.4) is 0 Å². The lowest BCUT2D eigenvalue weighted by Gasteiger charge is -2.24.